The molecule has 2 aromatic rings. The van der Waals surface area contributed by atoms with Gasteiger partial charge in [-0.25, -0.2) is 13.2 Å². The van der Waals surface area contributed by atoms with Crippen molar-refractivity contribution in [1.82, 2.24) is 14.7 Å². The van der Waals surface area contributed by atoms with Crippen LogP contribution in [0.4, 0.5) is 4.79 Å². The Morgan fingerprint density at radius 1 is 1.35 bits per heavy atom. The molecule has 0 spiro atoms. The Morgan fingerprint density at radius 3 is 2.62 bits per heavy atom. The van der Waals surface area contributed by atoms with E-state index >= 15 is 0 Å². The number of aromatic nitrogens is 2. The van der Waals surface area contributed by atoms with E-state index < -0.39 is 15.9 Å². The average molecular weight is 400 g/mol. The SMILES string of the molecule is CCCN(CC)C(=O)n1cc(Cl)c(S(=O)(=O)c2c(C)cccc2OC)n1. The fourth-order valence-corrected chi connectivity index (χ4v) is 4.69. The van der Waals surface area contributed by atoms with Crippen LogP contribution in [-0.2, 0) is 9.84 Å². The Balaban J connectivity index is 2.54. The van der Waals surface area contributed by atoms with Gasteiger partial charge in [0.05, 0.1) is 18.3 Å². The molecule has 1 amide bonds. The van der Waals surface area contributed by atoms with Crippen LogP contribution in [0, 0.1) is 6.92 Å². The maximum Gasteiger partial charge on any atom is 0.344 e. The Labute approximate surface area is 158 Å². The topological polar surface area (TPSA) is 81.5 Å². The molecule has 142 valence electrons. The normalized spacial score (nSPS) is 11.4. The van der Waals surface area contributed by atoms with Crippen LogP contribution in [0.15, 0.2) is 34.3 Å². The van der Waals surface area contributed by atoms with Crippen molar-refractivity contribution in [3.63, 3.8) is 0 Å². The van der Waals surface area contributed by atoms with E-state index in [0.29, 0.717) is 18.7 Å². The van der Waals surface area contributed by atoms with Gasteiger partial charge in [-0.2, -0.15) is 9.78 Å². The monoisotopic (exact) mass is 399 g/mol. The molecule has 1 aromatic carbocycles. The first-order valence-electron chi connectivity index (χ1n) is 8.21. The molecule has 0 N–H and O–H groups in total. The van der Waals surface area contributed by atoms with Crippen LogP contribution in [0.5, 0.6) is 5.75 Å². The van der Waals surface area contributed by atoms with Crippen LogP contribution in [0.1, 0.15) is 25.8 Å². The lowest BCUT2D eigenvalue weighted by Gasteiger charge is -2.19. The van der Waals surface area contributed by atoms with Crippen LogP contribution in [-0.4, -0.2) is 49.3 Å². The summed E-state index contributed by atoms with van der Waals surface area (Å²) in [6.45, 7) is 6.48. The third kappa shape index (κ3) is 3.71. The zero-order chi connectivity index (χ0) is 19.5. The quantitative estimate of drug-likeness (QED) is 0.743. The number of ether oxygens (including phenoxy) is 1. The number of methoxy groups -OCH3 is 1. The molecule has 0 saturated carbocycles. The molecule has 0 aliphatic heterocycles. The van der Waals surface area contributed by atoms with Crippen molar-refractivity contribution in [2.24, 2.45) is 0 Å². The van der Waals surface area contributed by atoms with Gasteiger partial charge in [-0.1, -0.05) is 30.7 Å². The van der Waals surface area contributed by atoms with Crippen molar-refractivity contribution in [3.05, 3.63) is 35.0 Å². The first-order chi connectivity index (χ1) is 12.3. The predicted molar refractivity (Wildman–Crippen MR) is 98.8 cm³/mol. The van der Waals surface area contributed by atoms with Crippen molar-refractivity contribution >= 4 is 27.5 Å². The summed E-state index contributed by atoms with van der Waals surface area (Å²) < 4.78 is 32.3. The summed E-state index contributed by atoms with van der Waals surface area (Å²) in [5, 5.41) is 3.49. The number of hydrogen-bond donors (Lipinski definition) is 0. The summed E-state index contributed by atoms with van der Waals surface area (Å²) in [4.78, 5) is 14.1. The van der Waals surface area contributed by atoms with Gasteiger partial charge < -0.3 is 9.64 Å². The van der Waals surface area contributed by atoms with Gasteiger partial charge in [0, 0.05) is 13.1 Å². The molecule has 0 atom stereocenters. The van der Waals surface area contributed by atoms with Gasteiger partial charge in [0.25, 0.3) is 0 Å². The molecular weight excluding hydrogens is 378 g/mol. The highest BCUT2D eigenvalue weighted by molar-refractivity contribution is 7.91. The van der Waals surface area contributed by atoms with Gasteiger partial charge in [0.1, 0.15) is 10.6 Å². The van der Waals surface area contributed by atoms with E-state index in [2.05, 4.69) is 5.10 Å². The number of carbonyl (C=O) groups is 1. The Hall–Kier alpha value is -2.06. The molecule has 0 saturated heterocycles. The number of rotatable bonds is 6. The number of halogens is 1. The van der Waals surface area contributed by atoms with E-state index in [1.165, 1.54) is 13.3 Å². The lowest BCUT2D eigenvalue weighted by atomic mass is 10.2. The maximum atomic E-state index is 13.1. The van der Waals surface area contributed by atoms with E-state index in [-0.39, 0.29) is 20.7 Å². The van der Waals surface area contributed by atoms with Gasteiger partial charge >= 0.3 is 6.03 Å². The highest BCUT2D eigenvalue weighted by Crippen LogP contribution is 2.34. The first-order valence-corrected chi connectivity index (χ1v) is 10.1. The smallest absolute Gasteiger partial charge is 0.344 e. The molecule has 1 heterocycles. The largest absolute Gasteiger partial charge is 0.495 e. The van der Waals surface area contributed by atoms with Gasteiger partial charge in [0.2, 0.25) is 14.9 Å². The summed E-state index contributed by atoms with van der Waals surface area (Å²) in [5.74, 6) is 0.197. The predicted octanol–water partition coefficient (Wildman–Crippen LogP) is 3.39. The molecule has 9 heteroatoms. The number of hydrogen-bond acceptors (Lipinski definition) is 5. The van der Waals surface area contributed by atoms with Gasteiger partial charge in [-0.05, 0) is 31.9 Å². The molecule has 1 aromatic heterocycles. The Bertz CT molecular complexity index is 909. The summed E-state index contributed by atoms with van der Waals surface area (Å²) >= 11 is 6.12. The lowest BCUT2D eigenvalue weighted by molar-refractivity contribution is 0.198. The first kappa shape index (κ1) is 20.3. The van der Waals surface area contributed by atoms with E-state index in [9.17, 15) is 13.2 Å². The third-order valence-electron chi connectivity index (χ3n) is 3.90. The maximum absolute atomic E-state index is 13.1. The molecule has 7 nitrogen and oxygen atoms in total. The second-order valence-corrected chi connectivity index (χ2v) is 7.91. The highest BCUT2D eigenvalue weighted by Gasteiger charge is 2.31. The summed E-state index contributed by atoms with van der Waals surface area (Å²) in [7, 11) is -2.67. The van der Waals surface area contributed by atoms with Crippen LogP contribution >= 0.6 is 11.6 Å². The molecular formula is C17H22ClN3O4S. The van der Waals surface area contributed by atoms with Crippen LogP contribution in [0.3, 0.4) is 0 Å². The molecule has 0 fully saturated rings. The molecule has 0 aliphatic rings. The minimum Gasteiger partial charge on any atom is -0.495 e. The molecule has 2 rings (SSSR count). The average Bonchev–Trinajstić information content (AvgIpc) is 3.01. The molecule has 26 heavy (non-hydrogen) atoms. The number of benzene rings is 1. The van der Waals surface area contributed by atoms with Crippen LogP contribution in [0.25, 0.3) is 0 Å². The number of amides is 1. The van der Waals surface area contributed by atoms with Crippen molar-refractivity contribution in [1.29, 1.82) is 0 Å². The zero-order valence-corrected chi connectivity index (χ0v) is 16.8. The Kier molecular flexibility index (Phi) is 6.30. The second kappa shape index (κ2) is 8.09. The summed E-state index contributed by atoms with van der Waals surface area (Å²) in [5.41, 5.74) is 0.502. The third-order valence-corrected chi connectivity index (χ3v) is 6.16. The lowest BCUT2D eigenvalue weighted by Crippen LogP contribution is -2.35. The fourth-order valence-electron chi connectivity index (χ4n) is 2.65. The van der Waals surface area contributed by atoms with E-state index in [0.717, 1.165) is 11.1 Å². The van der Waals surface area contributed by atoms with Crippen molar-refractivity contribution in [3.8, 4) is 5.75 Å². The number of carbonyl (C=O) groups excluding carboxylic acids is 1. The minimum atomic E-state index is -4.06. The van der Waals surface area contributed by atoms with E-state index in [1.54, 1.807) is 30.0 Å². The second-order valence-electron chi connectivity index (χ2n) is 5.70. The van der Waals surface area contributed by atoms with Crippen molar-refractivity contribution in [2.45, 2.75) is 37.1 Å². The zero-order valence-electron chi connectivity index (χ0n) is 15.2. The number of sulfone groups is 1. The van der Waals surface area contributed by atoms with Crippen molar-refractivity contribution in [2.75, 3.05) is 20.2 Å². The van der Waals surface area contributed by atoms with E-state index in [4.69, 9.17) is 16.3 Å². The van der Waals surface area contributed by atoms with Crippen LogP contribution < -0.4 is 4.74 Å². The summed E-state index contributed by atoms with van der Waals surface area (Å²) in [6, 6.07) is 4.48. The van der Waals surface area contributed by atoms with Crippen LogP contribution in [0.2, 0.25) is 5.02 Å². The number of aryl methyl sites for hydroxylation is 1. The Morgan fingerprint density at radius 2 is 2.04 bits per heavy atom. The van der Waals surface area contributed by atoms with Gasteiger partial charge in [-0.15, -0.1) is 0 Å². The van der Waals surface area contributed by atoms with Gasteiger partial charge in [-0.3, -0.25) is 0 Å². The molecule has 0 radical (unpaired) electrons. The number of nitrogens with zero attached hydrogens (tertiary/aromatic N) is 3. The molecule has 0 unspecified atom stereocenters. The highest BCUT2D eigenvalue weighted by atomic mass is 35.5. The minimum absolute atomic E-state index is 0.0111. The molecule has 0 aliphatic carbocycles. The fraction of sp³-hybridized carbons (Fsp3) is 0.412. The standard InChI is InChI=1S/C17H22ClN3O4S/c1-5-10-20(6-2)17(22)21-11-13(18)16(19-21)26(23,24)15-12(3)8-7-9-14(15)25-4/h7-9,11H,5-6,10H2,1-4H3. The van der Waals surface area contributed by atoms with E-state index in [1.807, 2.05) is 13.8 Å². The van der Waals surface area contributed by atoms with Gasteiger partial charge in [0.15, 0.2) is 0 Å². The molecule has 0 bridgehead atoms. The summed E-state index contributed by atoms with van der Waals surface area (Å²) in [6.07, 6.45) is 2.00. The van der Waals surface area contributed by atoms with Crippen molar-refractivity contribution < 1.29 is 17.9 Å².